The number of aromatic nitrogens is 1. The first-order valence-electron chi connectivity index (χ1n) is 6.63. The van der Waals surface area contributed by atoms with Crippen LogP contribution in [0.4, 0.5) is 13.2 Å². The summed E-state index contributed by atoms with van der Waals surface area (Å²) in [6, 6.07) is 6.18. The van der Waals surface area contributed by atoms with Crippen molar-refractivity contribution in [2.24, 2.45) is 0 Å². The van der Waals surface area contributed by atoms with E-state index >= 15 is 0 Å². The largest absolute Gasteiger partial charge is 0.443 e. The quantitative estimate of drug-likeness (QED) is 0.889. The van der Waals surface area contributed by atoms with Gasteiger partial charge in [-0.3, -0.25) is 0 Å². The Balaban J connectivity index is 2.23. The van der Waals surface area contributed by atoms with Gasteiger partial charge in [-0.05, 0) is 23.6 Å². The molecule has 0 unspecified atom stereocenters. The number of hydrogen-bond donors (Lipinski definition) is 1. The summed E-state index contributed by atoms with van der Waals surface area (Å²) in [5.74, 6) is 0. The van der Waals surface area contributed by atoms with E-state index in [1.807, 2.05) is 25.1 Å². The average Bonchev–Trinajstić information content (AvgIpc) is 2.85. The van der Waals surface area contributed by atoms with E-state index in [-0.39, 0.29) is 0 Å². The summed E-state index contributed by atoms with van der Waals surface area (Å²) in [6.07, 6.45) is -3.08. The minimum Gasteiger partial charge on any atom is -0.310 e. The van der Waals surface area contributed by atoms with Gasteiger partial charge in [0.25, 0.3) is 0 Å². The Kier molecular flexibility index (Phi) is 4.68. The van der Waals surface area contributed by atoms with Crippen molar-refractivity contribution in [3.05, 3.63) is 40.5 Å². The lowest BCUT2D eigenvalue weighted by molar-refractivity contribution is -0.137. The molecule has 0 saturated heterocycles. The number of alkyl halides is 3. The fraction of sp³-hybridized carbons (Fsp3) is 0.400. The van der Waals surface area contributed by atoms with E-state index in [4.69, 9.17) is 0 Å². The standard InChI is InChI=1S/C15H17F3N2S/c1-9(2)19-7-11-4-5-12(10(3)6-11)13-8-20-14(21-13)15(16,17)18/h4-6,8-9,19H,7H2,1-3H3. The third kappa shape index (κ3) is 4.04. The Hall–Kier alpha value is -1.40. The van der Waals surface area contributed by atoms with Crippen molar-refractivity contribution in [3.63, 3.8) is 0 Å². The van der Waals surface area contributed by atoms with Crippen LogP contribution in [0.15, 0.2) is 24.4 Å². The summed E-state index contributed by atoms with van der Waals surface area (Å²) >= 11 is 0.679. The van der Waals surface area contributed by atoms with Gasteiger partial charge in [0.15, 0.2) is 5.01 Å². The molecule has 2 rings (SSSR count). The number of hydrogen-bond acceptors (Lipinski definition) is 3. The van der Waals surface area contributed by atoms with E-state index in [0.717, 1.165) is 23.2 Å². The Bertz CT molecular complexity index is 618. The third-order valence-electron chi connectivity index (χ3n) is 3.02. The third-order valence-corrected chi connectivity index (χ3v) is 4.09. The fourth-order valence-electron chi connectivity index (χ4n) is 1.96. The zero-order chi connectivity index (χ0) is 15.6. The van der Waals surface area contributed by atoms with Crippen molar-refractivity contribution in [2.45, 2.75) is 39.5 Å². The summed E-state index contributed by atoms with van der Waals surface area (Å²) < 4.78 is 37.8. The van der Waals surface area contributed by atoms with E-state index in [1.165, 1.54) is 6.20 Å². The molecule has 6 heteroatoms. The van der Waals surface area contributed by atoms with Crippen molar-refractivity contribution >= 4 is 11.3 Å². The van der Waals surface area contributed by atoms with Crippen LogP contribution in [0, 0.1) is 6.92 Å². The average molecular weight is 314 g/mol. The second-order valence-corrected chi connectivity index (χ2v) is 6.24. The van der Waals surface area contributed by atoms with Crippen molar-refractivity contribution in [1.29, 1.82) is 0 Å². The molecule has 0 aliphatic carbocycles. The molecule has 0 spiro atoms. The van der Waals surface area contributed by atoms with Gasteiger partial charge in [-0.15, -0.1) is 11.3 Å². The number of benzene rings is 1. The van der Waals surface area contributed by atoms with E-state index < -0.39 is 11.2 Å². The highest BCUT2D eigenvalue weighted by Gasteiger charge is 2.34. The molecule has 21 heavy (non-hydrogen) atoms. The maximum atomic E-state index is 12.6. The van der Waals surface area contributed by atoms with Crippen LogP contribution in [0.3, 0.4) is 0 Å². The highest BCUT2D eigenvalue weighted by molar-refractivity contribution is 7.15. The first-order valence-corrected chi connectivity index (χ1v) is 7.45. The first-order chi connectivity index (χ1) is 9.77. The number of nitrogens with one attached hydrogen (secondary N) is 1. The number of rotatable bonds is 4. The zero-order valence-corrected chi connectivity index (χ0v) is 12.9. The minimum absolute atomic E-state index is 0.390. The molecule has 1 N–H and O–H groups in total. The lowest BCUT2D eigenvalue weighted by Crippen LogP contribution is -2.21. The van der Waals surface area contributed by atoms with Crippen LogP contribution in [0.25, 0.3) is 10.4 Å². The van der Waals surface area contributed by atoms with E-state index in [0.29, 0.717) is 22.3 Å². The van der Waals surface area contributed by atoms with Gasteiger partial charge >= 0.3 is 6.18 Å². The smallest absolute Gasteiger partial charge is 0.310 e. The lowest BCUT2D eigenvalue weighted by Gasteiger charge is -2.10. The molecule has 0 bridgehead atoms. The molecule has 1 aromatic heterocycles. The molecule has 1 heterocycles. The molecule has 0 atom stereocenters. The summed E-state index contributed by atoms with van der Waals surface area (Å²) in [4.78, 5) is 4.01. The molecular formula is C15H17F3N2S. The van der Waals surface area contributed by atoms with Gasteiger partial charge in [-0.1, -0.05) is 32.0 Å². The topological polar surface area (TPSA) is 24.9 Å². The molecule has 1 aromatic carbocycles. The van der Waals surface area contributed by atoms with Crippen LogP contribution in [0.2, 0.25) is 0 Å². The predicted octanol–water partition coefficient (Wildman–Crippen LogP) is 4.64. The molecule has 0 amide bonds. The maximum absolute atomic E-state index is 12.6. The SMILES string of the molecule is Cc1cc(CNC(C)C)ccc1-c1cnc(C(F)(F)F)s1. The summed E-state index contributed by atoms with van der Waals surface area (Å²) in [7, 11) is 0. The van der Waals surface area contributed by atoms with E-state index in [9.17, 15) is 13.2 Å². The van der Waals surface area contributed by atoms with Gasteiger partial charge < -0.3 is 5.32 Å². The van der Waals surface area contributed by atoms with Crippen molar-refractivity contribution in [3.8, 4) is 10.4 Å². The van der Waals surface area contributed by atoms with Crippen LogP contribution in [-0.4, -0.2) is 11.0 Å². The maximum Gasteiger partial charge on any atom is 0.443 e. The monoisotopic (exact) mass is 314 g/mol. The fourth-order valence-corrected chi connectivity index (χ4v) is 2.84. The number of aryl methyl sites for hydroxylation is 1. The van der Waals surface area contributed by atoms with Crippen LogP contribution in [-0.2, 0) is 12.7 Å². The van der Waals surface area contributed by atoms with Gasteiger partial charge in [-0.25, -0.2) is 4.98 Å². The normalized spacial score (nSPS) is 12.1. The Morgan fingerprint density at radius 2 is 2.00 bits per heavy atom. The van der Waals surface area contributed by atoms with E-state index in [1.54, 1.807) is 0 Å². The van der Waals surface area contributed by atoms with Gasteiger partial charge in [0.1, 0.15) is 0 Å². The van der Waals surface area contributed by atoms with Crippen molar-refractivity contribution in [1.82, 2.24) is 10.3 Å². The van der Waals surface area contributed by atoms with E-state index in [2.05, 4.69) is 24.1 Å². The number of nitrogens with zero attached hydrogens (tertiary/aromatic N) is 1. The Morgan fingerprint density at radius 1 is 1.29 bits per heavy atom. The van der Waals surface area contributed by atoms with Crippen LogP contribution in [0.5, 0.6) is 0 Å². The lowest BCUT2D eigenvalue weighted by atomic mass is 10.0. The highest BCUT2D eigenvalue weighted by Crippen LogP contribution is 2.37. The first kappa shape index (κ1) is 16.0. The number of halogens is 3. The summed E-state index contributed by atoms with van der Waals surface area (Å²) in [5, 5.41) is 2.51. The molecule has 2 nitrogen and oxygen atoms in total. The van der Waals surface area contributed by atoms with Gasteiger partial charge in [0.2, 0.25) is 0 Å². The summed E-state index contributed by atoms with van der Waals surface area (Å²) in [6.45, 7) is 6.78. The molecule has 2 aromatic rings. The molecule has 0 aliphatic heterocycles. The predicted molar refractivity (Wildman–Crippen MR) is 79.3 cm³/mol. The Labute approximate surface area is 126 Å². The molecule has 0 fully saturated rings. The zero-order valence-electron chi connectivity index (χ0n) is 12.1. The molecule has 114 valence electrons. The number of thiazole rings is 1. The second-order valence-electron chi connectivity index (χ2n) is 5.21. The summed E-state index contributed by atoms with van der Waals surface area (Å²) in [5.41, 5.74) is 2.87. The van der Waals surface area contributed by atoms with Crippen LogP contribution in [0.1, 0.15) is 30.0 Å². The highest BCUT2D eigenvalue weighted by atomic mass is 32.1. The van der Waals surface area contributed by atoms with Gasteiger partial charge in [-0.2, -0.15) is 13.2 Å². The van der Waals surface area contributed by atoms with Gasteiger partial charge in [0, 0.05) is 18.8 Å². The second kappa shape index (κ2) is 6.15. The van der Waals surface area contributed by atoms with Gasteiger partial charge in [0.05, 0.1) is 4.88 Å². The molecule has 0 radical (unpaired) electrons. The minimum atomic E-state index is -4.38. The van der Waals surface area contributed by atoms with Crippen LogP contribution < -0.4 is 5.32 Å². The van der Waals surface area contributed by atoms with Crippen molar-refractivity contribution in [2.75, 3.05) is 0 Å². The molecular weight excluding hydrogens is 297 g/mol. The van der Waals surface area contributed by atoms with Crippen LogP contribution >= 0.6 is 11.3 Å². The Morgan fingerprint density at radius 3 is 2.52 bits per heavy atom. The molecule has 0 aliphatic rings. The van der Waals surface area contributed by atoms with Crippen molar-refractivity contribution < 1.29 is 13.2 Å². The molecule has 0 saturated carbocycles.